The molecule has 28 heavy (non-hydrogen) atoms. The Kier molecular flexibility index (Phi) is 9.48. The number of aryl methyl sites for hydroxylation is 1. The summed E-state index contributed by atoms with van der Waals surface area (Å²) in [5.41, 5.74) is 1.18. The van der Waals surface area contributed by atoms with Crippen LogP contribution in [-0.4, -0.2) is 54.2 Å². The summed E-state index contributed by atoms with van der Waals surface area (Å²) in [6.45, 7) is 5.53. The van der Waals surface area contributed by atoms with E-state index in [-0.39, 0.29) is 24.2 Å². The zero-order chi connectivity index (χ0) is 21.3. The van der Waals surface area contributed by atoms with Crippen LogP contribution in [0.3, 0.4) is 0 Å². The van der Waals surface area contributed by atoms with E-state index >= 15 is 0 Å². The van der Waals surface area contributed by atoms with E-state index in [1.807, 2.05) is 37.3 Å². The lowest BCUT2D eigenvalue weighted by Crippen LogP contribution is -2.50. The molecule has 0 heterocycles. The van der Waals surface area contributed by atoms with Gasteiger partial charge in [0.05, 0.1) is 0 Å². The van der Waals surface area contributed by atoms with Gasteiger partial charge in [0.2, 0.25) is 12.0 Å². The normalized spacial score (nSPS) is 14.1. The molecule has 0 fully saturated rings. The van der Waals surface area contributed by atoms with Crippen LogP contribution >= 0.6 is 0 Å². The number of aliphatic carboxylic acids is 1. The number of likely N-dealkylation sites (N-methyl/N-ethyl adjacent to an activating group) is 1. The zero-order valence-corrected chi connectivity index (χ0v) is 17.3. The highest BCUT2D eigenvalue weighted by molar-refractivity contribution is 5.86. The molecule has 0 aliphatic heterocycles. The van der Waals surface area contributed by atoms with Gasteiger partial charge in [0, 0.05) is 14.1 Å². The van der Waals surface area contributed by atoms with Crippen molar-refractivity contribution in [3.8, 4) is 0 Å². The number of nitrogens with zero attached hydrogens (tertiary/aromatic N) is 1. The molecule has 156 valence electrons. The molecule has 1 aromatic rings. The fourth-order valence-corrected chi connectivity index (χ4v) is 2.82. The fraction of sp³-hybridized carbons (Fsp3) is 0.571. The standard InChI is InChI=1S/C21H32N2O5/c1-14(2)18(19(24)23(4)5)22-21(27)28-17(20(25)26)13-15(3)11-12-16-9-7-6-8-10-16/h6-10,14-15,17-18H,11-13H2,1-5H3,(H,22,27)(H,25,26)/t15?,17-,18-/m0/s1. The van der Waals surface area contributed by atoms with Crippen molar-refractivity contribution in [2.24, 2.45) is 11.8 Å². The number of carboxylic acids is 1. The van der Waals surface area contributed by atoms with Crippen molar-refractivity contribution in [3.05, 3.63) is 35.9 Å². The minimum atomic E-state index is -1.26. The zero-order valence-electron chi connectivity index (χ0n) is 17.3. The van der Waals surface area contributed by atoms with Gasteiger partial charge in [-0.25, -0.2) is 9.59 Å². The van der Waals surface area contributed by atoms with E-state index in [1.165, 1.54) is 10.5 Å². The number of amides is 2. The van der Waals surface area contributed by atoms with Crippen LogP contribution in [0.2, 0.25) is 0 Å². The Balaban J connectivity index is 2.61. The van der Waals surface area contributed by atoms with E-state index in [9.17, 15) is 19.5 Å². The van der Waals surface area contributed by atoms with Gasteiger partial charge in [0.25, 0.3) is 0 Å². The molecule has 3 atom stereocenters. The van der Waals surface area contributed by atoms with Crippen molar-refractivity contribution in [1.82, 2.24) is 10.2 Å². The Morgan fingerprint density at radius 1 is 1.11 bits per heavy atom. The molecule has 0 aliphatic rings. The van der Waals surface area contributed by atoms with Crippen LogP contribution < -0.4 is 5.32 Å². The number of hydrogen-bond donors (Lipinski definition) is 2. The summed E-state index contributed by atoms with van der Waals surface area (Å²) in [5.74, 6) is -1.56. The first-order valence-electron chi connectivity index (χ1n) is 9.56. The fourth-order valence-electron chi connectivity index (χ4n) is 2.82. The summed E-state index contributed by atoms with van der Waals surface area (Å²) in [7, 11) is 3.19. The van der Waals surface area contributed by atoms with E-state index in [0.717, 1.165) is 12.8 Å². The number of nitrogens with one attached hydrogen (secondary N) is 1. The van der Waals surface area contributed by atoms with Crippen molar-refractivity contribution in [2.45, 2.75) is 52.2 Å². The second-order valence-electron chi connectivity index (χ2n) is 7.70. The Morgan fingerprint density at radius 2 is 1.71 bits per heavy atom. The van der Waals surface area contributed by atoms with E-state index < -0.39 is 24.2 Å². The summed E-state index contributed by atoms with van der Waals surface area (Å²) in [6.07, 6.45) is -0.326. The number of rotatable bonds is 10. The van der Waals surface area contributed by atoms with Gasteiger partial charge < -0.3 is 20.1 Å². The van der Waals surface area contributed by atoms with Crippen molar-refractivity contribution in [3.63, 3.8) is 0 Å². The monoisotopic (exact) mass is 392 g/mol. The average Bonchev–Trinajstić information content (AvgIpc) is 2.63. The van der Waals surface area contributed by atoms with Crippen molar-refractivity contribution in [1.29, 1.82) is 0 Å². The third-order valence-electron chi connectivity index (χ3n) is 4.56. The first-order valence-corrected chi connectivity index (χ1v) is 9.56. The molecule has 2 amide bonds. The van der Waals surface area contributed by atoms with Gasteiger partial charge in [-0.1, -0.05) is 51.1 Å². The van der Waals surface area contributed by atoms with E-state index in [2.05, 4.69) is 5.32 Å². The summed E-state index contributed by atoms with van der Waals surface area (Å²) in [6, 6.07) is 9.16. The Labute approximate surface area is 167 Å². The molecule has 7 nitrogen and oxygen atoms in total. The van der Waals surface area contributed by atoms with Crippen LogP contribution in [0.4, 0.5) is 4.79 Å². The van der Waals surface area contributed by atoms with Gasteiger partial charge in [-0.15, -0.1) is 0 Å². The Bertz CT molecular complexity index is 645. The predicted octanol–water partition coefficient (Wildman–Crippen LogP) is 2.94. The van der Waals surface area contributed by atoms with Crippen LogP contribution in [0.15, 0.2) is 30.3 Å². The molecule has 0 radical (unpaired) electrons. The molecule has 0 saturated heterocycles. The quantitative estimate of drug-likeness (QED) is 0.638. The molecule has 1 aromatic carbocycles. The largest absolute Gasteiger partial charge is 0.479 e. The maximum atomic E-state index is 12.2. The number of alkyl carbamates (subject to hydrolysis) is 1. The smallest absolute Gasteiger partial charge is 0.408 e. The number of carbonyl (C=O) groups is 3. The SMILES string of the molecule is CC(CCc1ccccc1)C[C@H](OC(=O)N[C@H](C(=O)N(C)C)C(C)C)C(=O)O. The molecule has 0 spiro atoms. The van der Waals surface area contributed by atoms with Gasteiger partial charge in [-0.2, -0.15) is 0 Å². The maximum absolute atomic E-state index is 12.2. The summed E-state index contributed by atoms with van der Waals surface area (Å²) in [5, 5.41) is 11.9. The molecular formula is C21H32N2O5. The van der Waals surface area contributed by atoms with Crippen LogP contribution in [0.25, 0.3) is 0 Å². The first-order chi connectivity index (χ1) is 13.1. The van der Waals surface area contributed by atoms with Crippen LogP contribution in [0, 0.1) is 11.8 Å². The van der Waals surface area contributed by atoms with Gasteiger partial charge in [-0.3, -0.25) is 4.79 Å². The maximum Gasteiger partial charge on any atom is 0.408 e. The summed E-state index contributed by atoms with van der Waals surface area (Å²) >= 11 is 0. The molecule has 0 aliphatic carbocycles. The first kappa shape index (κ1) is 23.5. The van der Waals surface area contributed by atoms with Crippen LogP contribution in [0.5, 0.6) is 0 Å². The number of hydrogen-bond acceptors (Lipinski definition) is 4. The average molecular weight is 392 g/mol. The summed E-state index contributed by atoms with van der Waals surface area (Å²) < 4.78 is 5.12. The highest BCUT2D eigenvalue weighted by atomic mass is 16.6. The second kappa shape index (κ2) is 11.3. The third-order valence-corrected chi connectivity index (χ3v) is 4.56. The van der Waals surface area contributed by atoms with Crippen molar-refractivity contribution < 1.29 is 24.2 Å². The highest BCUT2D eigenvalue weighted by Gasteiger charge is 2.29. The van der Waals surface area contributed by atoms with Crippen molar-refractivity contribution in [2.75, 3.05) is 14.1 Å². The topological polar surface area (TPSA) is 95.9 Å². The van der Waals surface area contributed by atoms with Crippen molar-refractivity contribution >= 4 is 18.0 Å². The van der Waals surface area contributed by atoms with Crippen LogP contribution in [0.1, 0.15) is 39.2 Å². The second-order valence-corrected chi connectivity index (χ2v) is 7.70. The number of ether oxygens (including phenoxy) is 1. The lowest BCUT2D eigenvalue weighted by atomic mass is 9.95. The lowest BCUT2D eigenvalue weighted by Gasteiger charge is -2.25. The van der Waals surface area contributed by atoms with Gasteiger partial charge in [0.15, 0.2) is 0 Å². The lowest BCUT2D eigenvalue weighted by molar-refractivity contribution is -0.147. The number of carboxylic acid groups (broad SMARTS) is 1. The predicted molar refractivity (Wildman–Crippen MR) is 107 cm³/mol. The minimum absolute atomic E-state index is 0.0541. The molecule has 0 bridgehead atoms. The molecule has 0 saturated carbocycles. The molecule has 0 aromatic heterocycles. The van der Waals surface area contributed by atoms with Gasteiger partial charge in [0.1, 0.15) is 6.04 Å². The highest BCUT2D eigenvalue weighted by Crippen LogP contribution is 2.17. The Hall–Kier alpha value is -2.57. The van der Waals surface area contributed by atoms with Gasteiger partial charge >= 0.3 is 12.1 Å². The molecule has 1 unspecified atom stereocenters. The molecular weight excluding hydrogens is 360 g/mol. The van der Waals surface area contributed by atoms with E-state index in [0.29, 0.717) is 0 Å². The minimum Gasteiger partial charge on any atom is -0.479 e. The van der Waals surface area contributed by atoms with Gasteiger partial charge in [-0.05, 0) is 36.7 Å². The number of benzene rings is 1. The van der Waals surface area contributed by atoms with E-state index in [4.69, 9.17) is 4.74 Å². The van der Waals surface area contributed by atoms with Crippen LogP contribution in [-0.2, 0) is 20.7 Å². The number of carbonyl (C=O) groups excluding carboxylic acids is 2. The Morgan fingerprint density at radius 3 is 2.21 bits per heavy atom. The third kappa shape index (κ3) is 7.98. The molecule has 1 rings (SSSR count). The molecule has 2 N–H and O–H groups in total. The summed E-state index contributed by atoms with van der Waals surface area (Å²) in [4.78, 5) is 37.3. The molecule has 7 heteroatoms. The van der Waals surface area contributed by atoms with E-state index in [1.54, 1.807) is 27.9 Å².